The Morgan fingerprint density at radius 3 is 1.02 bits per heavy atom. The fourth-order valence-electron chi connectivity index (χ4n) is 10.4. The topological polar surface area (TPSA) is 92.9 Å². The van der Waals surface area contributed by atoms with E-state index in [0.717, 1.165) is 83.8 Å². The number of rotatable bonds is 9. The van der Waals surface area contributed by atoms with Crippen molar-refractivity contribution in [1.82, 2.24) is 19.9 Å². The average molecular weight is 942 g/mol. The summed E-state index contributed by atoms with van der Waals surface area (Å²) in [5.74, 6) is 0. The molecule has 0 fully saturated rings. The van der Waals surface area contributed by atoms with Crippen molar-refractivity contribution in [1.29, 1.82) is 0 Å². The van der Waals surface area contributed by atoms with Crippen LogP contribution < -0.4 is 5.30 Å². The van der Waals surface area contributed by atoms with Crippen molar-refractivity contribution in [3.8, 4) is 44.5 Å². The summed E-state index contributed by atoms with van der Waals surface area (Å²) in [4.78, 5) is 19.0. The van der Waals surface area contributed by atoms with Crippen molar-refractivity contribution in [2.45, 2.75) is 76.2 Å². The molecule has 0 spiro atoms. The third-order valence-electron chi connectivity index (χ3n) is 12.6. The molecule has 0 radical (unpaired) electrons. The first kappa shape index (κ1) is 46.8. The molecule has 7 nitrogen and oxygen atoms in total. The van der Waals surface area contributed by atoms with Crippen molar-refractivity contribution in [3.63, 3.8) is 0 Å². The number of fused-ring (bicyclic) bond motifs is 8. The van der Waals surface area contributed by atoms with Crippen LogP contribution >= 0.6 is 7.60 Å². The minimum atomic E-state index is -3.52. The Morgan fingerprint density at radius 2 is 0.712 bits per heavy atom. The minimum Gasteiger partial charge on any atom is -0.354 e. The second-order valence-electron chi connectivity index (χ2n) is 17.7. The van der Waals surface area contributed by atoms with Crippen LogP contribution in [0.15, 0.2) is 84.9 Å². The maximum Gasteiger partial charge on any atom is 0.361 e. The van der Waals surface area contributed by atoms with E-state index in [9.17, 15) is 4.57 Å². The molecular formula is C57H57N4O3PZn. The maximum atomic E-state index is 13.9. The van der Waals surface area contributed by atoms with Crippen LogP contribution in [0.2, 0.25) is 0 Å². The van der Waals surface area contributed by atoms with E-state index in [1.54, 1.807) is 0 Å². The zero-order chi connectivity index (χ0) is 45.9. The standard InChI is InChI=1S/C57H57N4O3P.Zn/c1-12-63-65(62,64-13-2)42-16-14-41(15-17-42)54-43-18-20-45(58-43)55(51-35(6)26-32(3)27-36(51)7)47-22-24-49(60-47)57(53-39(10)30-34(5)31-40(53)11)50-25-23-48(61-50)56(46-21-19-44(54)59-46)52-37(8)28-33(4)29-38(52)9;/h14-31,58,61H,12-13H2,1-11H3;. The van der Waals surface area contributed by atoms with Crippen LogP contribution in [0.1, 0.15) is 86.7 Å². The molecule has 2 aliphatic heterocycles. The number of aromatic nitrogens is 4. The van der Waals surface area contributed by atoms with Crippen LogP contribution in [0.3, 0.4) is 0 Å². The number of hydrogen-bond donors (Lipinski definition) is 2. The summed E-state index contributed by atoms with van der Waals surface area (Å²) >= 11 is 0. The van der Waals surface area contributed by atoms with Gasteiger partial charge in [0, 0.05) is 63.8 Å². The van der Waals surface area contributed by atoms with Crippen molar-refractivity contribution < 1.29 is 33.1 Å². The van der Waals surface area contributed by atoms with Gasteiger partial charge in [-0.3, -0.25) is 4.57 Å². The molecule has 9 rings (SSSR count). The number of hydrogen-bond acceptors (Lipinski definition) is 5. The zero-order valence-corrected chi connectivity index (χ0v) is 43.9. The summed E-state index contributed by atoms with van der Waals surface area (Å²) < 4.78 is 25.4. The molecule has 0 atom stereocenters. The maximum absolute atomic E-state index is 13.9. The minimum absolute atomic E-state index is 0. The summed E-state index contributed by atoms with van der Waals surface area (Å²) in [5.41, 5.74) is 26.3. The molecule has 2 N–H and O–H groups in total. The van der Waals surface area contributed by atoms with Crippen molar-refractivity contribution in [2.24, 2.45) is 0 Å². The molecule has 7 aromatic rings. The summed E-state index contributed by atoms with van der Waals surface area (Å²) in [6, 6.07) is 30.0. The van der Waals surface area contributed by atoms with Gasteiger partial charge in [0.2, 0.25) is 0 Å². The van der Waals surface area contributed by atoms with Gasteiger partial charge in [0.05, 0.1) is 41.3 Å². The predicted molar refractivity (Wildman–Crippen MR) is 274 cm³/mol. The fourth-order valence-corrected chi connectivity index (χ4v) is 11.9. The van der Waals surface area contributed by atoms with Gasteiger partial charge in [-0.25, -0.2) is 9.97 Å². The van der Waals surface area contributed by atoms with Crippen molar-refractivity contribution in [3.05, 3.63) is 158 Å². The molecule has 8 bridgehead atoms. The predicted octanol–water partition coefficient (Wildman–Crippen LogP) is 15.0. The first-order valence-electron chi connectivity index (χ1n) is 22.6. The molecule has 3 aromatic heterocycles. The Bertz CT molecular complexity index is 3240. The molecule has 9 heteroatoms. The average Bonchev–Trinajstić information content (AvgIpc) is 4.08. The number of benzene rings is 4. The van der Waals surface area contributed by atoms with Crippen LogP contribution in [-0.4, -0.2) is 33.1 Å². The van der Waals surface area contributed by atoms with Crippen molar-refractivity contribution >= 4 is 59.3 Å². The Balaban J connectivity index is 0.00000592. The number of nitrogens with zero attached hydrogens (tertiary/aromatic N) is 2. The molecule has 0 amide bonds. The van der Waals surface area contributed by atoms with E-state index in [2.05, 4.69) is 157 Å². The number of aromatic amines is 2. The van der Waals surface area contributed by atoms with Gasteiger partial charge in [0.1, 0.15) is 0 Å². The molecule has 66 heavy (non-hydrogen) atoms. The molecule has 0 aliphatic carbocycles. The Hall–Kier alpha value is -5.75. The molecule has 5 heterocycles. The van der Waals surface area contributed by atoms with E-state index in [1.165, 1.54) is 55.6 Å². The summed E-state index contributed by atoms with van der Waals surface area (Å²) in [5, 5.41) is 0.511. The quantitative estimate of drug-likeness (QED) is 0.111. The zero-order valence-electron chi connectivity index (χ0n) is 40.1. The smallest absolute Gasteiger partial charge is 0.354 e. The summed E-state index contributed by atoms with van der Waals surface area (Å²) in [6.07, 6.45) is 8.60. The van der Waals surface area contributed by atoms with Gasteiger partial charge in [0.15, 0.2) is 0 Å². The second kappa shape index (κ2) is 18.5. The van der Waals surface area contributed by atoms with E-state index in [-0.39, 0.29) is 32.7 Å². The van der Waals surface area contributed by atoms with Gasteiger partial charge < -0.3 is 19.0 Å². The molecule has 330 valence electrons. The van der Waals surface area contributed by atoms with Crippen LogP contribution in [0.4, 0.5) is 0 Å². The first-order valence-corrected chi connectivity index (χ1v) is 24.1. The molecule has 4 aromatic carbocycles. The Kier molecular flexibility index (Phi) is 13.1. The summed E-state index contributed by atoms with van der Waals surface area (Å²) in [6.45, 7) is 23.8. The molecular weight excluding hydrogens is 885 g/mol. The largest absolute Gasteiger partial charge is 0.361 e. The van der Waals surface area contributed by atoms with E-state index < -0.39 is 7.60 Å². The van der Waals surface area contributed by atoms with Crippen LogP contribution in [0.25, 0.3) is 90.9 Å². The van der Waals surface area contributed by atoms with Gasteiger partial charge >= 0.3 is 7.60 Å². The van der Waals surface area contributed by atoms with E-state index in [1.807, 2.05) is 38.1 Å². The second-order valence-corrected chi connectivity index (χ2v) is 19.7. The van der Waals surface area contributed by atoms with E-state index in [4.69, 9.17) is 19.0 Å². The normalized spacial score (nSPS) is 12.2. The Labute approximate surface area is 401 Å². The van der Waals surface area contributed by atoms with E-state index >= 15 is 0 Å². The third-order valence-corrected chi connectivity index (χ3v) is 14.7. The van der Waals surface area contributed by atoms with Gasteiger partial charge in [-0.2, -0.15) is 0 Å². The molecule has 2 aliphatic rings. The van der Waals surface area contributed by atoms with Gasteiger partial charge in [-0.1, -0.05) is 65.2 Å². The SMILES string of the molecule is CCOP(=O)(OCC)c1ccc(-c2c3nc(c(-c4c(C)cc(C)cc4C)c4ccc([nH]4)c(-c4c(C)cc(C)cc4C)c4nc(c(-c5c(C)cc(C)cc5C)c5ccc2[nH]5)C=C4)C=C3)cc1.[Zn]. The van der Waals surface area contributed by atoms with Gasteiger partial charge in [-0.05, 0) is 192 Å². The first-order chi connectivity index (χ1) is 31.2. The summed E-state index contributed by atoms with van der Waals surface area (Å²) in [7, 11) is -3.52. The molecule has 0 saturated heterocycles. The van der Waals surface area contributed by atoms with Crippen LogP contribution in [-0.2, 0) is 33.1 Å². The number of H-pyrrole nitrogens is 2. The number of nitrogens with one attached hydrogen (secondary N) is 2. The Morgan fingerprint density at radius 1 is 0.424 bits per heavy atom. The van der Waals surface area contributed by atoms with Crippen LogP contribution in [0.5, 0.6) is 0 Å². The van der Waals surface area contributed by atoms with Crippen LogP contribution in [0, 0.1) is 62.3 Å². The van der Waals surface area contributed by atoms with Gasteiger partial charge in [-0.15, -0.1) is 0 Å². The van der Waals surface area contributed by atoms with Crippen molar-refractivity contribution in [2.75, 3.05) is 13.2 Å². The third kappa shape index (κ3) is 8.46. The molecule has 0 unspecified atom stereocenters. The van der Waals surface area contributed by atoms with E-state index in [0.29, 0.717) is 5.30 Å². The molecule has 0 saturated carbocycles. The fraction of sp³-hybridized carbons (Fsp3) is 0.228. The monoisotopic (exact) mass is 940 g/mol. The number of aryl methyl sites for hydroxylation is 9. The van der Waals surface area contributed by atoms with Gasteiger partial charge in [0.25, 0.3) is 0 Å².